The largest absolute Gasteiger partial charge is 0.389 e. The Bertz CT molecular complexity index is 670. The molecule has 136 valence electrons. The Morgan fingerprint density at radius 2 is 2.12 bits per heavy atom. The molecule has 4 aliphatic carbocycles. The fourth-order valence-electron chi connectivity index (χ4n) is 7.68. The van der Waals surface area contributed by atoms with Crippen LogP contribution in [0.4, 0.5) is 0 Å². The quantitative estimate of drug-likeness (QED) is 0.820. The summed E-state index contributed by atoms with van der Waals surface area (Å²) in [6.07, 6.45) is 9.45. The maximum Gasteiger partial charge on any atom is 0.161 e. The van der Waals surface area contributed by atoms with Crippen molar-refractivity contribution in [1.82, 2.24) is 0 Å². The molecule has 0 aromatic carbocycles. The van der Waals surface area contributed by atoms with Crippen LogP contribution in [0.1, 0.15) is 51.9 Å². The zero-order valence-electron chi connectivity index (χ0n) is 15.0. The standard InChI is InChI=1S/C21H28O3S/c1-20-6-5-15-13(14(20)2-3-16(20)18(24)10-22)9-19-17-8-12(23)4-7-21(15,17)11-25-19/h8,13-16,19,22H,2-7,9-11H2,1H3/t13?,14?,15?,16?,19-,20-,21-/m0/s1. The molecule has 0 spiro atoms. The van der Waals surface area contributed by atoms with Gasteiger partial charge in [-0.3, -0.25) is 9.59 Å². The summed E-state index contributed by atoms with van der Waals surface area (Å²) in [5, 5.41) is 9.95. The lowest BCUT2D eigenvalue weighted by atomic mass is 9.46. The van der Waals surface area contributed by atoms with Crippen molar-refractivity contribution >= 4 is 23.3 Å². The van der Waals surface area contributed by atoms with Gasteiger partial charge in [-0.05, 0) is 73.3 Å². The number of rotatable bonds is 2. The van der Waals surface area contributed by atoms with Gasteiger partial charge in [0.15, 0.2) is 11.6 Å². The molecule has 5 aliphatic rings. The van der Waals surface area contributed by atoms with Gasteiger partial charge in [0.1, 0.15) is 6.61 Å². The van der Waals surface area contributed by atoms with Crippen LogP contribution in [-0.4, -0.2) is 34.3 Å². The number of aliphatic hydroxyl groups is 1. The van der Waals surface area contributed by atoms with E-state index in [0.717, 1.165) is 32.1 Å². The van der Waals surface area contributed by atoms with E-state index in [4.69, 9.17) is 0 Å². The third-order valence-electron chi connectivity index (χ3n) is 8.78. The first-order chi connectivity index (χ1) is 12.0. The van der Waals surface area contributed by atoms with E-state index < -0.39 is 0 Å². The lowest BCUT2D eigenvalue weighted by Gasteiger charge is -2.57. The minimum Gasteiger partial charge on any atom is -0.389 e. The van der Waals surface area contributed by atoms with Gasteiger partial charge in [0.25, 0.3) is 0 Å². The molecule has 2 bridgehead atoms. The summed E-state index contributed by atoms with van der Waals surface area (Å²) in [7, 11) is 0. The molecule has 4 fully saturated rings. The fraction of sp³-hybridized carbons (Fsp3) is 0.810. The molecule has 1 saturated heterocycles. The molecule has 25 heavy (non-hydrogen) atoms. The molecule has 0 radical (unpaired) electrons. The molecule has 0 amide bonds. The molecule has 3 saturated carbocycles. The van der Waals surface area contributed by atoms with Gasteiger partial charge in [0, 0.05) is 28.8 Å². The second-order valence-corrected chi connectivity index (χ2v) is 10.6. The molecule has 1 aliphatic heterocycles. The van der Waals surface area contributed by atoms with E-state index in [9.17, 15) is 14.7 Å². The number of carbonyl (C=O) groups excluding carboxylic acids is 2. The van der Waals surface area contributed by atoms with E-state index in [-0.39, 0.29) is 29.1 Å². The summed E-state index contributed by atoms with van der Waals surface area (Å²) in [5.74, 6) is 3.73. The Hall–Kier alpha value is -0.610. The third-order valence-corrected chi connectivity index (χ3v) is 10.3. The Morgan fingerprint density at radius 3 is 2.92 bits per heavy atom. The summed E-state index contributed by atoms with van der Waals surface area (Å²) in [6.45, 7) is 2.04. The van der Waals surface area contributed by atoms with E-state index in [1.165, 1.54) is 24.2 Å². The number of carbonyl (C=O) groups is 2. The molecule has 4 heteroatoms. The first kappa shape index (κ1) is 16.6. The SMILES string of the molecule is C[C@]12CCC3C(C[C@@H]4SC[C@@]35CCC(=O)C=C45)C1CCC2C(=O)CO. The monoisotopic (exact) mass is 360 g/mol. The number of aliphatic hydroxyl groups excluding tert-OH is 1. The van der Waals surface area contributed by atoms with E-state index in [1.54, 1.807) is 0 Å². The lowest BCUT2D eigenvalue weighted by Crippen LogP contribution is -2.53. The van der Waals surface area contributed by atoms with Crippen LogP contribution >= 0.6 is 11.8 Å². The molecule has 0 aromatic rings. The highest BCUT2D eigenvalue weighted by Crippen LogP contribution is 2.70. The fourth-order valence-corrected chi connectivity index (χ4v) is 9.54. The van der Waals surface area contributed by atoms with Crippen molar-refractivity contribution in [2.45, 2.75) is 57.1 Å². The number of hydrogen-bond acceptors (Lipinski definition) is 4. The van der Waals surface area contributed by atoms with E-state index in [2.05, 4.69) is 18.7 Å². The molecule has 1 heterocycles. The number of ketones is 2. The summed E-state index contributed by atoms with van der Waals surface area (Å²) >= 11 is 2.09. The van der Waals surface area contributed by atoms with E-state index in [1.807, 2.05) is 6.08 Å². The highest BCUT2D eigenvalue weighted by molar-refractivity contribution is 8.00. The van der Waals surface area contributed by atoms with Crippen LogP contribution in [0.15, 0.2) is 11.6 Å². The summed E-state index contributed by atoms with van der Waals surface area (Å²) in [5.41, 5.74) is 1.86. The normalized spacial score (nSPS) is 50.7. The van der Waals surface area contributed by atoms with E-state index in [0.29, 0.717) is 28.8 Å². The minimum absolute atomic E-state index is 0.0659. The highest BCUT2D eigenvalue weighted by atomic mass is 32.2. The smallest absolute Gasteiger partial charge is 0.161 e. The molecule has 5 rings (SSSR count). The Labute approximate surface area is 154 Å². The summed E-state index contributed by atoms with van der Waals surface area (Å²) in [4.78, 5) is 24.4. The van der Waals surface area contributed by atoms with Crippen molar-refractivity contribution in [1.29, 1.82) is 0 Å². The van der Waals surface area contributed by atoms with Crippen molar-refractivity contribution in [2.24, 2.45) is 34.5 Å². The summed E-state index contributed by atoms with van der Waals surface area (Å²) < 4.78 is 0. The van der Waals surface area contributed by atoms with Crippen LogP contribution in [0, 0.1) is 34.5 Å². The predicted octanol–water partition coefficient (Wildman–Crippen LogP) is 3.40. The first-order valence-corrected chi connectivity index (χ1v) is 11.0. The zero-order valence-corrected chi connectivity index (χ0v) is 15.8. The average molecular weight is 361 g/mol. The van der Waals surface area contributed by atoms with Gasteiger partial charge >= 0.3 is 0 Å². The average Bonchev–Trinajstić information content (AvgIpc) is 3.08. The van der Waals surface area contributed by atoms with Gasteiger partial charge in [0.05, 0.1) is 0 Å². The van der Waals surface area contributed by atoms with Gasteiger partial charge in [-0.2, -0.15) is 11.8 Å². The third kappa shape index (κ3) is 2.04. The van der Waals surface area contributed by atoms with Crippen molar-refractivity contribution in [3.63, 3.8) is 0 Å². The van der Waals surface area contributed by atoms with Gasteiger partial charge in [-0.15, -0.1) is 0 Å². The maximum absolute atomic E-state index is 12.3. The summed E-state index contributed by atoms with van der Waals surface area (Å²) in [6, 6.07) is 0. The minimum atomic E-state index is -0.293. The molecular formula is C21H28O3S. The number of Topliss-reactive ketones (excluding diaryl/α,β-unsaturated/α-hetero) is 1. The zero-order chi connectivity index (χ0) is 17.4. The van der Waals surface area contributed by atoms with Gasteiger partial charge < -0.3 is 5.11 Å². The Balaban J connectivity index is 1.51. The molecule has 3 nitrogen and oxygen atoms in total. The highest BCUT2D eigenvalue weighted by Gasteiger charge is 2.64. The number of thioether (sulfide) groups is 1. The number of hydrogen-bond donors (Lipinski definition) is 1. The molecule has 1 N–H and O–H groups in total. The van der Waals surface area contributed by atoms with Gasteiger partial charge in [0.2, 0.25) is 0 Å². The van der Waals surface area contributed by atoms with Crippen molar-refractivity contribution < 1.29 is 14.7 Å². The van der Waals surface area contributed by atoms with Crippen LogP contribution in [0.3, 0.4) is 0 Å². The maximum atomic E-state index is 12.3. The van der Waals surface area contributed by atoms with Crippen molar-refractivity contribution in [3.8, 4) is 0 Å². The molecular weight excluding hydrogens is 332 g/mol. The van der Waals surface area contributed by atoms with E-state index >= 15 is 0 Å². The van der Waals surface area contributed by atoms with Gasteiger partial charge in [-0.25, -0.2) is 0 Å². The second kappa shape index (κ2) is 5.45. The van der Waals surface area contributed by atoms with Crippen LogP contribution in [0.2, 0.25) is 0 Å². The predicted molar refractivity (Wildman–Crippen MR) is 98.2 cm³/mol. The van der Waals surface area contributed by atoms with Gasteiger partial charge in [-0.1, -0.05) is 6.92 Å². The van der Waals surface area contributed by atoms with Crippen LogP contribution in [-0.2, 0) is 9.59 Å². The second-order valence-electron chi connectivity index (χ2n) is 9.43. The van der Waals surface area contributed by atoms with Crippen molar-refractivity contribution in [3.05, 3.63) is 11.6 Å². The lowest BCUT2D eigenvalue weighted by molar-refractivity contribution is -0.132. The molecule has 0 aromatic heterocycles. The van der Waals surface area contributed by atoms with Crippen LogP contribution < -0.4 is 0 Å². The van der Waals surface area contributed by atoms with Crippen LogP contribution in [0.25, 0.3) is 0 Å². The topological polar surface area (TPSA) is 54.4 Å². The Kier molecular flexibility index (Phi) is 3.61. The number of fused-ring (bicyclic) bond motifs is 3. The molecule has 4 unspecified atom stereocenters. The first-order valence-electron chi connectivity index (χ1n) is 10.00. The van der Waals surface area contributed by atoms with Crippen LogP contribution in [0.5, 0.6) is 0 Å². The van der Waals surface area contributed by atoms with Crippen molar-refractivity contribution in [2.75, 3.05) is 12.4 Å². The molecule has 7 atom stereocenters. The Morgan fingerprint density at radius 1 is 1.28 bits per heavy atom.